The lowest BCUT2D eigenvalue weighted by Gasteiger charge is -2.32. The molecule has 1 fully saturated rings. The van der Waals surface area contributed by atoms with E-state index < -0.39 is 41.6 Å². The molecule has 1 aromatic carbocycles. The van der Waals surface area contributed by atoms with E-state index in [0.29, 0.717) is 5.47 Å². The van der Waals surface area contributed by atoms with E-state index in [9.17, 15) is 13.6 Å². The lowest BCUT2D eigenvalue weighted by atomic mass is 9.77. The van der Waals surface area contributed by atoms with Crippen LogP contribution in [0, 0.1) is 11.6 Å². The average Bonchev–Trinajstić information content (AvgIpc) is 2.72. The SMILES string of the molecule is CC(C)(C)OC(=O)NCC(=Cc1c(F)cccc1F)B1OC(C)(C)C(C)(C)O1. The zero-order valence-corrected chi connectivity index (χ0v) is 17.5. The van der Waals surface area contributed by atoms with E-state index >= 15 is 0 Å². The van der Waals surface area contributed by atoms with E-state index in [2.05, 4.69) is 5.32 Å². The first-order chi connectivity index (χ1) is 12.7. The van der Waals surface area contributed by atoms with Crippen LogP contribution in [-0.2, 0) is 14.0 Å². The molecule has 1 amide bonds. The quantitative estimate of drug-likeness (QED) is 0.763. The molecule has 5 nitrogen and oxygen atoms in total. The van der Waals surface area contributed by atoms with Crippen molar-refractivity contribution in [2.75, 3.05) is 6.54 Å². The number of carbonyl (C=O) groups excluding carboxylic acids is 1. The van der Waals surface area contributed by atoms with E-state index in [4.69, 9.17) is 14.0 Å². The van der Waals surface area contributed by atoms with Crippen molar-refractivity contribution in [3.8, 4) is 0 Å². The smallest absolute Gasteiger partial charge is 0.444 e. The van der Waals surface area contributed by atoms with Crippen molar-refractivity contribution in [3.63, 3.8) is 0 Å². The lowest BCUT2D eigenvalue weighted by Crippen LogP contribution is -2.41. The van der Waals surface area contributed by atoms with Crippen molar-refractivity contribution in [2.45, 2.75) is 65.3 Å². The van der Waals surface area contributed by atoms with Gasteiger partial charge in [-0.2, -0.15) is 0 Å². The summed E-state index contributed by atoms with van der Waals surface area (Å²) in [5.41, 5.74) is -1.81. The zero-order valence-electron chi connectivity index (χ0n) is 17.5. The van der Waals surface area contributed by atoms with Crippen molar-refractivity contribution in [1.82, 2.24) is 5.32 Å². The molecule has 28 heavy (non-hydrogen) atoms. The summed E-state index contributed by atoms with van der Waals surface area (Å²) in [5.74, 6) is -1.43. The molecule has 154 valence electrons. The van der Waals surface area contributed by atoms with Gasteiger partial charge in [0.1, 0.15) is 17.2 Å². The Morgan fingerprint density at radius 3 is 2.11 bits per heavy atom. The van der Waals surface area contributed by atoms with E-state index in [1.807, 2.05) is 27.7 Å². The molecule has 1 heterocycles. The van der Waals surface area contributed by atoms with Crippen LogP contribution in [0.15, 0.2) is 23.7 Å². The van der Waals surface area contributed by atoms with Crippen LogP contribution in [-0.4, -0.2) is 36.6 Å². The highest BCUT2D eigenvalue weighted by atomic mass is 19.1. The number of carbonyl (C=O) groups is 1. The van der Waals surface area contributed by atoms with Crippen molar-refractivity contribution in [2.24, 2.45) is 0 Å². The van der Waals surface area contributed by atoms with Crippen LogP contribution in [0.2, 0.25) is 0 Å². The van der Waals surface area contributed by atoms with Gasteiger partial charge in [0.05, 0.1) is 11.2 Å². The number of nitrogens with one attached hydrogen (secondary N) is 1. The van der Waals surface area contributed by atoms with Crippen LogP contribution in [0.4, 0.5) is 13.6 Å². The van der Waals surface area contributed by atoms with Crippen LogP contribution in [0.3, 0.4) is 0 Å². The molecule has 0 radical (unpaired) electrons. The van der Waals surface area contributed by atoms with E-state index in [1.54, 1.807) is 20.8 Å². The fourth-order valence-corrected chi connectivity index (χ4v) is 2.52. The fraction of sp³-hybridized carbons (Fsp3) is 0.550. The van der Waals surface area contributed by atoms with Crippen molar-refractivity contribution >= 4 is 19.3 Å². The number of benzene rings is 1. The minimum Gasteiger partial charge on any atom is -0.444 e. The molecule has 0 aliphatic carbocycles. The molecule has 1 aliphatic heterocycles. The molecule has 8 heteroatoms. The largest absolute Gasteiger partial charge is 0.492 e. The predicted octanol–water partition coefficient (Wildman–Crippen LogP) is 4.50. The molecular weight excluding hydrogens is 367 g/mol. The highest BCUT2D eigenvalue weighted by molar-refractivity contribution is 6.56. The van der Waals surface area contributed by atoms with Gasteiger partial charge in [0, 0.05) is 12.1 Å². The van der Waals surface area contributed by atoms with Crippen LogP contribution >= 0.6 is 0 Å². The van der Waals surface area contributed by atoms with E-state index in [1.165, 1.54) is 12.1 Å². The molecule has 1 aromatic rings. The Bertz CT molecular complexity index is 736. The van der Waals surface area contributed by atoms with Gasteiger partial charge in [0.25, 0.3) is 0 Å². The topological polar surface area (TPSA) is 56.8 Å². The van der Waals surface area contributed by atoms with Crippen LogP contribution < -0.4 is 5.32 Å². The third-order valence-electron chi connectivity index (χ3n) is 4.72. The summed E-state index contributed by atoms with van der Waals surface area (Å²) in [6, 6.07) is 3.62. The molecular formula is C20H28BF2NO4. The van der Waals surface area contributed by atoms with Crippen molar-refractivity contribution in [1.29, 1.82) is 0 Å². The van der Waals surface area contributed by atoms with E-state index in [0.717, 1.165) is 12.1 Å². The molecule has 0 aromatic heterocycles. The Hall–Kier alpha value is -1.93. The number of ether oxygens (including phenoxy) is 1. The first-order valence-electron chi connectivity index (χ1n) is 9.19. The Morgan fingerprint density at radius 1 is 1.14 bits per heavy atom. The van der Waals surface area contributed by atoms with Gasteiger partial charge in [-0.15, -0.1) is 0 Å². The predicted molar refractivity (Wildman–Crippen MR) is 105 cm³/mol. The second-order valence-corrected chi connectivity index (χ2v) is 8.80. The summed E-state index contributed by atoms with van der Waals surface area (Å²) in [5, 5.41) is 2.60. The van der Waals surface area contributed by atoms with Crippen molar-refractivity contribution in [3.05, 3.63) is 40.9 Å². The maximum absolute atomic E-state index is 14.1. The third kappa shape index (κ3) is 5.32. The summed E-state index contributed by atoms with van der Waals surface area (Å²) >= 11 is 0. The zero-order chi connectivity index (χ0) is 21.3. The number of amides is 1. The Morgan fingerprint density at radius 2 is 1.64 bits per heavy atom. The number of halogens is 2. The van der Waals surface area contributed by atoms with Crippen LogP contribution in [0.5, 0.6) is 0 Å². The number of rotatable bonds is 4. The molecule has 0 saturated carbocycles. The molecule has 0 unspecified atom stereocenters. The Labute approximate surface area is 165 Å². The van der Waals surface area contributed by atoms with Gasteiger partial charge < -0.3 is 19.4 Å². The monoisotopic (exact) mass is 395 g/mol. The normalized spacial score (nSPS) is 18.9. The average molecular weight is 395 g/mol. The lowest BCUT2D eigenvalue weighted by molar-refractivity contribution is 0.00578. The summed E-state index contributed by atoms with van der Waals surface area (Å²) in [4.78, 5) is 12.0. The highest BCUT2D eigenvalue weighted by Gasteiger charge is 2.52. The maximum Gasteiger partial charge on any atom is 0.492 e. The first-order valence-corrected chi connectivity index (χ1v) is 9.19. The van der Waals surface area contributed by atoms with Gasteiger partial charge in [-0.05, 0) is 66.1 Å². The van der Waals surface area contributed by atoms with Gasteiger partial charge in [-0.1, -0.05) is 12.1 Å². The molecule has 0 bridgehead atoms. The molecule has 1 saturated heterocycles. The van der Waals surface area contributed by atoms with Crippen molar-refractivity contribution < 1.29 is 27.6 Å². The summed E-state index contributed by atoms with van der Waals surface area (Å²) in [7, 11) is -0.876. The standard InChI is InChI=1S/C20H28BF2NO4/c1-18(2,3)26-17(25)24-12-13(11-14-15(22)9-8-10-16(14)23)21-27-19(4,5)20(6,7)28-21/h8-11H,12H2,1-7H3,(H,24,25). The second-order valence-electron chi connectivity index (χ2n) is 8.80. The Kier molecular flexibility index (Phi) is 6.26. The third-order valence-corrected chi connectivity index (χ3v) is 4.72. The Balaban J connectivity index is 2.32. The van der Waals surface area contributed by atoms with E-state index in [-0.39, 0.29) is 12.1 Å². The van der Waals surface area contributed by atoms with Crippen LogP contribution in [0.1, 0.15) is 54.0 Å². The molecule has 1 aliphatic rings. The van der Waals surface area contributed by atoms with Gasteiger partial charge in [0.15, 0.2) is 0 Å². The van der Waals surface area contributed by atoms with Crippen LogP contribution in [0.25, 0.3) is 6.08 Å². The first kappa shape index (κ1) is 22.4. The maximum atomic E-state index is 14.1. The van der Waals surface area contributed by atoms with Gasteiger partial charge in [0.2, 0.25) is 0 Å². The highest BCUT2D eigenvalue weighted by Crippen LogP contribution is 2.39. The minimum atomic E-state index is -0.876. The summed E-state index contributed by atoms with van der Waals surface area (Å²) < 4.78 is 45.5. The number of alkyl carbamates (subject to hydrolysis) is 1. The van der Waals surface area contributed by atoms with Gasteiger partial charge in [-0.25, -0.2) is 13.6 Å². The minimum absolute atomic E-state index is 0.0560. The molecule has 2 rings (SSSR count). The number of hydrogen-bond donors (Lipinski definition) is 1. The second kappa shape index (κ2) is 7.83. The molecule has 1 N–H and O–H groups in total. The van der Waals surface area contributed by atoms with Gasteiger partial charge >= 0.3 is 13.2 Å². The number of hydrogen-bond acceptors (Lipinski definition) is 4. The fourth-order valence-electron chi connectivity index (χ4n) is 2.52. The summed E-state index contributed by atoms with van der Waals surface area (Å²) in [6.07, 6.45) is 0.661. The molecule has 0 spiro atoms. The molecule has 0 atom stereocenters. The van der Waals surface area contributed by atoms with Gasteiger partial charge in [-0.3, -0.25) is 0 Å². The summed E-state index contributed by atoms with van der Waals surface area (Å²) in [6.45, 7) is 12.7.